The molecule has 1 aromatic carbocycles. The van der Waals surface area contributed by atoms with Crippen LogP contribution in [0.25, 0.3) is 0 Å². The molecular weight excluding hydrogens is 240 g/mol. The summed E-state index contributed by atoms with van der Waals surface area (Å²) in [6, 6.07) is 5.07. The van der Waals surface area contributed by atoms with E-state index >= 15 is 0 Å². The maximum atomic E-state index is 11.3. The molecule has 0 spiro atoms. The molecule has 0 aliphatic carbocycles. The molecular formula is C11H15ClN4O. The maximum Gasteiger partial charge on any atom is 0.323 e. The lowest BCUT2D eigenvalue weighted by atomic mass is 10.2. The number of halogens is 1. The SMILES string of the molecule is CNC(=O)N(C)C(N)=Nc1ccc(C)cc1Cl. The van der Waals surface area contributed by atoms with Gasteiger partial charge in [-0.25, -0.2) is 9.79 Å². The van der Waals surface area contributed by atoms with E-state index in [0.29, 0.717) is 10.7 Å². The van der Waals surface area contributed by atoms with E-state index in [0.717, 1.165) is 5.56 Å². The minimum Gasteiger partial charge on any atom is -0.369 e. The van der Waals surface area contributed by atoms with Gasteiger partial charge in [-0.05, 0) is 24.6 Å². The maximum absolute atomic E-state index is 11.3. The topological polar surface area (TPSA) is 70.7 Å². The van der Waals surface area contributed by atoms with Gasteiger partial charge in [0, 0.05) is 14.1 Å². The molecule has 0 saturated heterocycles. The summed E-state index contributed by atoms with van der Waals surface area (Å²) in [5.74, 6) is 0.0788. The van der Waals surface area contributed by atoms with Gasteiger partial charge in [0.1, 0.15) is 0 Å². The zero-order chi connectivity index (χ0) is 13.0. The lowest BCUT2D eigenvalue weighted by molar-refractivity contribution is 0.228. The Hall–Kier alpha value is -1.75. The van der Waals surface area contributed by atoms with Gasteiger partial charge in [-0.2, -0.15) is 0 Å². The van der Waals surface area contributed by atoms with Gasteiger partial charge in [-0.1, -0.05) is 17.7 Å². The summed E-state index contributed by atoms with van der Waals surface area (Å²) < 4.78 is 0. The standard InChI is InChI=1S/C11H15ClN4O/c1-7-4-5-9(8(12)6-7)15-10(13)16(3)11(17)14-2/h4-6H,1-3H3,(H2,13,15)(H,14,17). The second kappa shape index (κ2) is 5.54. The van der Waals surface area contributed by atoms with Crippen LogP contribution in [-0.2, 0) is 0 Å². The summed E-state index contributed by atoms with van der Waals surface area (Å²) in [6.45, 7) is 1.93. The first kappa shape index (κ1) is 13.3. The van der Waals surface area contributed by atoms with Crippen molar-refractivity contribution in [3.63, 3.8) is 0 Å². The number of guanidine groups is 1. The molecule has 3 N–H and O–H groups in total. The smallest absolute Gasteiger partial charge is 0.323 e. The molecule has 0 bridgehead atoms. The highest BCUT2D eigenvalue weighted by Gasteiger charge is 2.10. The Morgan fingerprint density at radius 3 is 2.71 bits per heavy atom. The molecule has 0 saturated carbocycles. The first-order chi connectivity index (χ1) is 7.95. The second-order valence-corrected chi connectivity index (χ2v) is 3.95. The van der Waals surface area contributed by atoms with Crippen LogP contribution < -0.4 is 11.1 Å². The minimum absolute atomic E-state index is 0.0788. The van der Waals surface area contributed by atoms with Gasteiger partial charge < -0.3 is 11.1 Å². The number of amides is 2. The van der Waals surface area contributed by atoms with Crippen LogP contribution in [0.15, 0.2) is 23.2 Å². The number of nitrogens with zero attached hydrogens (tertiary/aromatic N) is 2. The van der Waals surface area contributed by atoms with Crippen molar-refractivity contribution in [3.05, 3.63) is 28.8 Å². The number of nitrogens with two attached hydrogens (primary N) is 1. The zero-order valence-electron chi connectivity index (χ0n) is 9.99. The number of aryl methyl sites for hydroxylation is 1. The van der Waals surface area contributed by atoms with Gasteiger partial charge >= 0.3 is 6.03 Å². The van der Waals surface area contributed by atoms with Crippen molar-refractivity contribution in [2.24, 2.45) is 10.7 Å². The van der Waals surface area contributed by atoms with Gasteiger partial charge in [0.15, 0.2) is 0 Å². The Morgan fingerprint density at radius 1 is 1.53 bits per heavy atom. The third kappa shape index (κ3) is 3.35. The molecule has 6 heteroatoms. The largest absolute Gasteiger partial charge is 0.369 e. The Balaban J connectivity index is 2.98. The van der Waals surface area contributed by atoms with Crippen LogP contribution in [0.5, 0.6) is 0 Å². The van der Waals surface area contributed by atoms with Gasteiger partial charge in [-0.15, -0.1) is 0 Å². The summed E-state index contributed by atoms with van der Waals surface area (Å²) >= 11 is 6.01. The molecule has 1 aromatic rings. The quantitative estimate of drug-likeness (QED) is 0.593. The van der Waals surface area contributed by atoms with Gasteiger partial charge in [-0.3, -0.25) is 4.90 Å². The van der Waals surface area contributed by atoms with E-state index in [1.54, 1.807) is 12.1 Å². The summed E-state index contributed by atoms with van der Waals surface area (Å²) in [5.41, 5.74) is 7.26. The number of carbonyl (C=O) groups is 1. The van der Waals surface area contributed by atoms with Crippen molar-refractivity contribution >= 4 is 29.3 Å². The molecule has 0 heterocycles. The molecule has 0 aromatic heterocycles. The molecule has 1 rings (SSSR count). The average Bonchev–Trinajstić information content (AvgIpc) is 2.30. The number of benzene rings is 1. The molecule has 5 nitrogen and oxygen atoms in total. The highest BCUT2D eigenvalue weighted by Crippen LogP contribution is 2.25. The van der Waals surface area contributed by atoms with Crippen molar-refractivity contribution in [2.45, 2.75) is 6.92 Å². The van der Waals surface area contributed by atoms with E-state index in [2.05, 4.69) is 10.3 Å². The fraction of sp³-hybridized carbons (Fsp3) is 0.273. The Morgan fingerprint density at radius 2 is 2.18 bits per heavy atom. The summed E-state index contributed by atoms with van der Waals surface area (Å²) in [5, 5.41) is 2.95. The van der Waals surface area contributed by atoms with Gasteiger partial charge in [0.05, 0.1) is 10.7 Å². The average molecular weight is 255 g/mol. The third-order valence-corrected chi connectivity index (χ3v) is 2.50. The van der Waals surface area contributed by atoms with Crippen LogP contribution in [0, 0.1) is 6.92 Å². The summed E-state index contributed by atoms with van der Waals surface area (Å²) in [6.07, 6.45) is 0. The number of rotatable bonds is 1. The normalized spacial score (nSPS) is 11.2. The predicted molar refractivity (Wildman–Crippen MR) is 69.7 cm³/mol. The van der Waals surface area contributed by atoms with Crippen LogP contribution in [0.1, 0.15) is 5.56 Å². The molecule has 2 amide bonds. The molecule has 17 heavy (non-hydrogen) atoms. The molecule has 0 fully saturated rings. The zero-order valence-corrected chi connectivity index (χ0v) is 10.7. The number of hydrogen-bond acceptors (Lipinski definition) is 2. The van der Waals surface area contributed by atoms with Crippen LogP contribution >= 0.6 is 11.6 Å². The van der Waals surface area contributed by atoms with E-state index in [9.17, 15) is 4.79 Å². The second-order valence-electron chi connectivity index (χ2n) is 3.54. The first-order valence-electron chi connectivity index (χ1n) is 5.01. The van der Waals surface area contributed by atoms with Crippen LogP contribution in [0.3, 0.4) is 0 Å². The molecule has 0 aliphatic heterocycles. The van der Waals surface area contributed by atoms with Crippen molar-refractivity contribution in [1.82, 2.24) is 10.2 Å². The van der Waals surface area contributed by atoms with E-state index < -0.39 is 0 Å². The van der Waals surface area contributed by atoms with Crippen molar-refractivity contribution < 1.29 is 4.79 Å². The predicted octanol–water partition coefficient (Wildman–Crippen LogP) is 1.87. The lowest BCUT2D eigenvalue weighted by Gasteiger charge is -2.15. The molecule has 92 valence electrons. The number of nitrogens with one attached hydrogen (secondary N) is 1. The van der Waals surface area contributed by atoms with Crippen LogP contribution in [0.4, 0.5) is 10.5 Å². The van der Waals surface area contributed by atoms with Crippen molar-refractivity contribution in [3.8, 4) is 0 Å². The lowest BCUT2D eigenvalue weighted by Crippen LogP contribution is -2.43. The Bertz CT molecular complexity index is 459. The summed E-state index contributed by atoms with van der Waals surface area (Å²) in [7, 11) is 3.05. The highest BCUT2D eigenvalue weighted by molar-refractivity contribution is 6.33. The monoisotopic (exact) mass is 254 g/mol. The van der Waals surface area contributed by atoms with E-state index in [1.165, 1.54) is 19.0 Å². The molecule has 0 aliphatic rings. The van der Waals surface area contributed by atoms with Gasteiger partial charge in [0.25, 0.3) is 0 Å². The van der Waals surface area contributed by atoms with E-state index in [-0.39, 0.29) is 12.0 Å². The van der Waals surface area contributed by atoms with Gasteiger partial charge in [0.2, 0.25) is 5.96 Å². The fourth-order valence-electron chi connectivity index (χ4n) is 1.17. The van der Waals surface area contributed by atoms with Crippen molar-refractivity contribution in [1.29, 1.82) is 0 Å². The Kier molecular flexibility index (Phi) is 4.34. The number of carbonyl (C=O) groups excluding carboxylic acids is 1. The molecule has 0 unspecified atom stereocenters. The van der Waals surface area contributed by atoms with Crippen LogP contribution in [-0.4, -0.2) is 31.0 Å². The number of aliphatic imine (C=N–C) groups is 1. The third-order valence-electron chi connectivity index (χ3n) is 2.20. The fourth-order valence-corrected chi connectivity index (χ4v) is 1.45. The Labute approximate surface area is 105 Å². The van der Waals surface area contributed by atoms with E-state index in [4.69, 9.17) is 17.3 Å². The minimum atomic E-state index is -0.338. The number of hydrogen-bond donors (Lipinski definition) is 2. The summed E-state index contributed by atoms with van der Waals surface area (Å²) in [4.78, 5) is 16.6. The van der Waals surface area contributed by atoms with Crippen molar-refractivity contribution in [2.75, 3.05) is 14.1 Å². The molecule has 0 radical (unpaired) electrons. The van der Waals surface area contributed by atoms with Crippen LogP contribution in [0.2, 0.25) is 5.02 Å². The van der Waals surface area contributed by atoms with E-state index in [1.807, 2.05) is 13.0 Å². The number of urea groups is 1. The highest BCUT2D eigenvalue weighted by atomic mass is 35.5. The first-order valence-corrected chi connectivity index (χ1v) is 5.39. The molecule has 0 atom stereocenters.